The summed E-state index contributed by atoms with van der Waals surface area (Å²) < 4.78 is 10.5. The number of hydrogen-bond donors (Lipinski definition) is 4. The molecule has 0 radical (unpaired) electrons. The maximum absolute atomic E-state index is 12.3. The molecule has 1 aromatic carbocycles. The van der Waals surface area contributed by atoms with E-state index in [9.17, 15) is 14.4 Å². The number of hydrogen-bond acceptors (Lipinski definition) is 7. The van der Waals surface area contributed by atoms with E-state index in [1.165, 1.54) is 6.07 Å². The van der Waals surface area contributed by atoms with Crippen LogP contribution in [0, 0.1) is 0 Å². The molecule has 0 aliphatic heterocycles. The Hall–Kier alpha value is -3.40. The lowest BCUT2D eigenvalue weighted by atomic mass is 10.1. The Morgan fingerprint density at radius 2 is 1.84 bits per heavy atom. The molecule has 174 valence electrons. The highest BCUT2D eigenvalue weighted by molar-refractivity contribution is 5.93. The van der Waals surface area contributed by atoms with Crippen molar-refractivity contribution in [1.29, 1.82) is 0 Å². The molecule has 0 unspecified atom stereocenters. The number of carbonyl (C=O) groups excluding carboxylic acids is 3. The lowest BCUT2D eigenvalue weighted by molar-refractivity contribution is -0.129. The fourth-order valence-corrected chi connectivity index (χ4v) is 2.80. The molecule has 1 aromatic heterocycles. The Bertz CT molecular complexity index is 919. The normalized spacial score (nSPS) is 11.0. The number of carbonyl (C=O) groups is 3. The molecule has 2 aromatic rings. The summed E-state index contributed by atoms with van der Waals surface area (Å²) in [6.45, 7) is 5.82. The third-order valence-corrected chi connectivity index (χ3v) is 4.28. The first-order chi connectivity index (χ1) is 15.2. The molecule has 0 spiro atoms. The first-order valence-corrected chi connectivity index (χ1v) is 10.5. The van der Waals surface area contributed by atoms with Crippen molar-refractivity contribution < 1.29 is 28.9 Å². The third-order valence-electron chi connectivity index (χ3n) is 4.28. The number of unbranched alkanes of at least 4 members (excludes halogenated alkanes) is 3. The Morgan fingerprint density at radius 3 is 2.56 bits per heavy atom. The van der Waals surface area contributed by atoms with Gasteiger partial charge in [0.05, 0.1) is 0 Å². The van der Waals surface area contributed by atoms with Gasteiger partial charge in [-0.05, 0) is 45.7 Å². The van der Waals surface area contributed by atoms with Crippen LogP contribution in [0.3, 0.4) is 0 Å². The van der Waals surface area contributed by atoms with Gasteiger partial charge in [0, 0.05) is 30.3 Å². The van der Waals surface area contributed by atoms with E-state index >= 15 is 0 Å². The van der Waals surface area contributed by atoms with E-state index in [1.54, 1.807) is 50.5 Å². The van der Waals surface area contributed by atoms with Gasteiger partial charge in [0.15, 0.2) is 11.5 Å². The summed E-state index contributed by atoms with van der Waals surface area (Å²) in [5.41, 5.74) is 2.32. The Balaban J connectivity index is 1.82. The largest absolute Gasteiger partial charge is 0.444 e. The number of benzene rings is 1. The monoisotopic (exact) mass is 446 g/mol. The van der Waals surface area contributed by atoms with Crippen molar-refractivity contribution in [3.05, 3.63) is 36.0 Å². The average molecular weight is 447 g/mol. The first kappa shape index (κ1) is 24.9. The van der Waals surface area contributed by atoms with E-state index in [0.29, 0.717) is 30.0 Å². The van der Waals surface area contributed by atoms with Gasteiger partial charge in [-0.2, -0.15) is 0 Å². The van der Waals surface area contributed by atoms with Gasteiger partial charge in [-0.3, -0.25) is 20.1 Å². The van der Waals surface area contributed by atoms with E-state index < -0.39 is 17.6 Å². The van der Waals surface area contributed by atoms with Crippen LogP contribution in [0.1, 0.15) is 63.4 Å². The maximum Gasteiger partial charge on any atom is 0.412 e. The summed E-state index contributed by atoms with van der Waals surface area (Å²) in [6, 6.07) is 8.47. The number of hydroxylamine groups is 1. The molecule has 2 rings (SSSR count). The van der Waals surface area contributed by atoms with E-state index in [2.05, 4.69) is 15.8 Å². The summed E-state index contributed by atoms with van der Waals surface area (Å²) in [5.74, 6) is -0.348. The second kappa shape index (κ2) is 11.8. The molecule has 0 saturated carbocycles. The topological polar surface area (TPSA) is 143 Å². The zero-order valence-corrected chi connectivity index (χ0v) is 18.6. The Morgan fingerprint density at radius 1 is 1.09 bits per heavy atom. The lowest BCUT2D eigenvalue weighted by Crippen LogP contribution is -2.27. The van der Waals surface area contributed by atoms with Crippen LogP contribution in [0.4, 0.5) is 10.5 Å². The van der Waals surface area contributed by atoms with Gasteiger partial charge >= 0.3 is 6.09 Å². The molecule has 0 aliphatic rings. The molecular weight excluding hydrogens is 416 g/mol. The number of nitrogens with zero attached hydrogens (tertiary/aromatic N) is 1. The molecule has 1 heterocycles. The van der Waals surface area contributed by atoms with E-state index in [4.69, 9.17) is 14.5 Å². The van der Waals surface area contributed by atoms with Crippen LogP contribution >= 0.6 is 0 Å². The fourth-order valence-electron chi connectivity index (χ4n) is 2.80. The van der Waals surface area contributed by atoms with Gasteiger partial charge in [0.2, 0.25) is 5.91 Å². The van der Waals surface area contributed by atoms with Crippen molar-refractivity contribution in [3.63, 3.8) is 0 Å². The second-order valence-electron chi connectivity index (χ2n) is 8.24. The van der Waals surface area contributed by atoms with Crippen LogP contribution in [0.5, 0.6) is 0 Å². The predicted molar refractivity (Wildman–Crippen MR) is 117 cm³/mol. The Labute approximate surface area is 186 Å². The minimum absolute atomic E-state index is 0.158. The minimum atomic E-state index is -0.606. The summed E-state index contributed by atoms with van der Waals surface area (Å²) in [6.07, 6.45) is 2.82. The number of aromatic nitrogens is 1. The molecule has 10 heteroatoms. The summed E-state index contributed by atoms with van der Waals surface area (Å²) in [5, 5.41) is 17.7. The van der Waals surface area contributed by atoms with E-state index in [-0.39, 0.29) is 18.0 Å². The van der Waals surface area contributed by atoms with Crippen molar-refractivity contribution in [2.75, 3.05) is 11.9 Å². The third kappa shape index (κ3) is 8.76. The number of rotatable bonds is 10. The molecule has 10 nitrogen and oxygen atoms in total. The quantitative estimate of drug-likeness (QED) is 0.246. The number of amides is 3. The van der Waals surface area contributed by atoms with Crippen molar-refractivity contribution in [3.8, 4) is 11.3 Å². The van der Waals surface area contributed by atoms with Gasteiger partial charge < -0.3 is 14.6 Å². The fraction of sp³-hybridized carbons (Fsp3) is 0.455. The van der Waals surface area contributed by atoms with Crippen LogP contribution in [0.2, 0.25) is 0 Å². The molecule has 0 saturated heterocycles. The first-order valence-electron chi connectivity index (χ1n) is 10.5. The van der Waals surface area contributed by atoms with Crippen molar-refractivity contribution in [2.45, 2.75) is 58.5 Å². The molecule has 0 bridgehead atoms. The highest BCUT2D eigenvalue weighted by Crippen LogP contribution is 2.24. The van der Waals surface area contributed by atoms with Crippen molar-refractivity contribution in [2.24, 2.45) is 0 Å². The van der Waals surface area contributed by atoms with Gasteiger partial charge in [-0.15, -0.1) is 0 Å². The summed E-state index contributed by atoms with van der Waals surface area (Å²) in [4.78, 5) is 35.1. The van der Waals surface area contributed by atoms with Gasteiger partial charge in [0.25, 0.3) is 5.91 Å². The van der Waals surface area contributed by atoms with E-state index in [1.807, 2.05) is 0 Å². The highest BCUT2D eigenvalue weighted by Gasteiger charge is 2.17. The molecular formula is C22H30N4O6. The van der Waals surface area contributed by atoms with Crippen LogP contribution in [0.25, 0.3) is 11.3 Å². The van der Waals surface area contributed by atoms with E-state index in [0.717, 1.165) is 19.3 Å². The molecule has 32 heavy (non-hydrogen) atoms. The minimum Gasteiger partial charge on any atom is -0.444 e. The number of ether oxygens (including phenoxy) is 1. The second-order valence-corrected chi connectivity index (χ2v) is 8.24. The molecule has 0 fully saturated rings. The predicted octanol–water partition coefficient (Wildman–Crippen LogP) is 3.87. The molecule has 0 atom stereocenters. The van der Waals surface area contributed by atoms with Crippen molar-refractivity contribution >= 4 is 23.6 Å². The van der Waals surface area contributed by atoms with Crippen LogP contribution in [-0.4, -0.2) is 40.4 Å². The Kier molecular flexibility index (Phi) is 9.21. The number of anilines is 1. The molecule has 3 amide bonds. The zero-order valence-electron chi connectivity index (χ0n) is 18.6. The summed E-state index contributed by atoms with van der Waals surface area (Å²) in [7, 11) is 0. The van der Waals surface area contributed by atoms with Crippen LogP contribution in [0.15, 0.2) is 34.9 Å². The van der Waals surface area contributed by atoms with Gasteiger partial charge in [-0.1, -0.05) is 30.1 Å². The summed E-state index contributed by atoms with van der Waals surface area (Å²) >= 11 is 0. The van der Waals surface area contributed by atoms with Gasteiger partial charge in [-0.25, -0.2) is 10.3 Å². The highest BCUT2D eigenvalue weighted by atomic mass is 16.6. The maximum atomic E-state index is 12.3. The van der Waals surface area contributed by atoms with Gasteiger partial charge in [0.1, 0.15) is 5.60 Å². The molecule has 0 aliphatic carbocycles. The average Bonchev–Trinajstić information content (AvgIpc) is 3.22. The smallest absolute Gasteiger partial charge is 0.412 e. The van der Waals surface area contributed by atoms with Crippen LogP contribution in [-0.2, 0) is 9.53 Å². The van der Waals surface area contributed by atoms with Crippen LogP contribution < -0.4 is 16.1 Å². The molecule has 4 N–H and O–H groups in total. The SMILES string of the molecule is CC(C)(C)OC(=O)Nc1cccc(-c2cc(C(=O)NCCCCCCC(=O)NO)no2)c1. The zero-order chi connectivity index (χ0) is 23.6. The lowest BCUT2D eigenvalue weighted by Gasteiger charge is -2.19. The standard InChI is InChI=1S/C22H30N4O6/c1-22(2,3)31-21(29)24-16-10-8-9-15(13-16)18-14-17(26-32-18)20(28)23-12-7-5-4-6-11-19(27)25-30/h8-10,13-14,30H,4-7,11-12H2,1-3H3,(H,23,28)(H,24,29)(H,25,27). The van der Waals surface area contributed by atoms with Crippen molar-refractivity contribution in [1.82, 2.24) is 16.0 Å². The number of nitrogens with one attached hydrogen (secondary N) is 3.